The van der Waals surface area contributed by atoms with Crippen molar-refractivity contribution < 1.29 is 19.1 Å². The predicted octanol–water partition coefficient (Wildman–Crippen LogP) is 3.64. The van der Waals surface area contributed by atoms with Crippen LogP contribution in [-0.4, -0.2) is 24.6 Å². The summed E-state index contributed by atoms with van der Waals surface area (Å²) >= 11 is 0. The Bertz CT molecular complexity index is 821. The Labute approximate surface area is 146 Å². The van der Waals surface area contributed by atoms with Crippen molar-refractivity contribution in [3.8, 4) is 0 Å². The van der Waals surface area contributed by atoms with Crippen molar-refractivity contribution in [1.82, 2.24) is 0 Å². The molecule has 4 nitrogen and oxygen atoms in total. The molecule has 1 aliphatic rings. The second-order valence-electron chi connectivity index (χ2n) is 5.76. The van der Waals surface area contributed by atoms with E-state index in [1.165, 1.54) is 13.2 Å². The number of esters is 2. The molecular formula is C21H18O4. The first-order valence-electron chi connectivity index (χ1n) is 7.95. The van der Waals surface area contributed by atoms with Crippen molar-refractivity contribution in [3.63, 3.8) is 0 Å². The number of carbonyl (C=O) groups excluding carboxylic acids is 2. The minimum Gasteiger partial charge on any atom is -0.466 e. The third-order valence-corrected chi connectivity index (χ3v) is 4.05. The van der Waals surface area contributed by atoms with E-state index >= 15 is 0 Å². The normalized spacial score (nSPS) is 20.0. The number of benzene rings is 2. The van der Waals surface area contributed by atoms with Gasteiger partial charge in [0.05, 0.1) is 7.11 Å². The van der Waals surface area contributed by atoms with E-state index in [1.807, 2.05) is 60.7 Å². The first-order chi connectivity index (χ1) is 12.1. The van der Waals surface area contributed by atoms with E-state index in [1.54, 1.807) is 12.2 Å². The molecule has 4 heteroatoms. The predicted molar refractivity (Wildman–Crippen MR) is 95.4 cm³/mol. The van der Waals surface area contributed by atoms with Crippen LogP contribution in [0.5, 0.6) is 0 Å². The van der Waals surface area contributed by atoms with E-state index in [0.29, 0.717) is 0 Å². The molecule has 0 bridgehead atoms. The lowest BCUT2D eigenvalue weighted by Gasteiger charge is -2.31. The van der Waals surface area contributed by atoms with Gasteiger partial charge in [-0.3, -0.25) is 0 Å². The Morgan fingerprint density at radius 2 is 1.72 bits per heavy atom. The smallest absolute Gasteiger partial charge is 0.354 e. The molecule has 126 valence electrons. The highest BCUT2D eigenvalue weighted by Crippen LogP contribution is 2.35. The summed E-state index contributed by atoms with van der Waals surface area (Å²) < 4.78 is 10.3. The molecule has 0 saturated heterocycles. The summed E-state index contributed by atoms with van der Waals surface area (Å²) in [5, 5.41) is 0. The van der Waals surface area contributed by atoms with Crippen LogP contribution in [0.4, 0.5) is 0 Å². The third-order valence-electron chi connectivity index (χ3n) is 4.05. The minimum absolute atomic E-state index is 0.221. The van der Waals surface area contributed by atoms with E-state index in [-0.39, 0.29) is 6.42 Å². The fraction of sp³-hybridized carbons (Fsp3) is 0.143. The molecule has 0 fully saturated rings. The van der Waals surface area contributed by atoms with Crippen molar-refractivity contribution >= 4 is 23.6 Å². The molecular weight excluding hydrogens is 316 g/mol. The van der Waals surface area contributed by atoms with Gasteiger partial charge in [0, 0.05) is 12.5 Å². The first-order valence-corrected chi connectivity index (χ1v) is 7.95. The summed E-state index contributed by atoms with van der Waals surface area (Å²) in [7, 11) is 1.29. The van der Waals surface area contributed by atoms with Crippen molar-refractivity contribution in [2.24, 2.45) is 0 Å². The molecule has 0 radical (unpaired) electrons. The monoisotopic (exact) mass is 334 g/mol. The van der Waals surface area contributed by atoms with Crippen molar-refractivity contribution in [3.05, 3.63) is 83.9 Å². The highest BCUT2D eigenvalue weighted by atomic mass is 16.6. The molecule has 25 heavy (non-hydrogen) atoms. The summed E-state index contributed by atoms with van der Waals surface area (Å²) in [6.07, 6.45) is 5.01. The van der Waals surface area contributed by atoms with E-state index < -0.39 is 17.5 Å². The SMILES string of the molecule is COC(=O)[C@@]1(/C=C/c2ccccc2)CC(c2ccccc2)=CC(=O)O1. The van der Waals surface area contributed by atoms with Crippen LogP contribution in [0.15, 0.2) is 72.8 Å². The standard InChI is InChI=1S/C21H18O4/c1-24-20(23)21(13-12-16-8-4-2-5-9-16)15-18(14-19(22)25-21)17-10-6-3-7-11-17/h2-14H,15H2,1H3/b13-12+/t21-/m1/s1. The Morgan fingerprint density at radius 1 is 1.08 bits per heavy atom. The van der Waals surface area contributed by atoms with E-state index in [2.05, 4.69) is 0 Å². The Balaban J connectivity index is 1.98. The van der Waals surface area contributed by atoms with Gasteiger partial charge in [-0.2, -0.15) is 0 Å². The summed E-state index contributed by atoms with van der Waals surface area (Å²) in [5.41, 5.74) is 1.04. The molecule has 0 unspecified atom stereocenters. The van der Waals surface area contributed by atoms with Crippen LogP contribution >= 0.6 is 0 Å². The number of rotatable bonds is 4. The summed E-state index contributed by atoms with van der Waals surface area (Å²) in [4.78, 5) is 24.6. The Morgan fingerprint density at radius 3 is 2.36 bits per heavy atom. The summed E-state index contributed by atoms with van der Waals surface area (Å²) in [6, 6.07) is 19.0. The van der Waals surface area contributed by atoms with Gasteiger partial charge in [0.15, 0.2) is 0 Å². The molecule has 2 aromatic rings. The number of hydrogen-bond donors (Lipinski definition) is 0. The minimum atomic E-state index is -1.47. The van der Waals surface area contributed by atoms with Gasteiger partial charge in [0.1, 0.15) is 0 Å². The van der Waals surface area contributed by atoms with Crippen LogP contribution in [0, 0.1) is 0 Å². The van der Waals surface area contributed by atoms with Crippen LogP contribution < -0.4 is 0 Å². The lowest BCUT2D eigenvalue weighted by Crippen LogP contribution is -2.44. The topological polar surface area (TPSA) is 52.6 Å². The number of methoxy groups -OCH3 is 1. The second kappa shape index (κ2) is 7.18. The number of carbonyl (C=O) groups is 2. The number of ether oxygens (including phenoxy) is 2. The maximum absolute atomic E-state index is 12.5. The quantitative estimate of drug-likeness (QED) is 0.801. The van der Waals surface area contributed by atoms with Gasteiger partial charge >= 0.3 is 11.9 Å². The molecule has 1 atom stereocenters. The largest absolute Gasteiger partial charge is 0.466 e. The van der Waals surface area contributed by atoms with E-state index in [4.69, 9.17) is 9.47 Å². The lowest BCUT2D eigenvalue weighted by molar-refractivity contribution is -0.172. The van der Waals surface area contributed by atoms with Gasteiger partial charge in [-0.25, -0.2) is 9.59 Å². The fourth-order valence-corrected chi connectivity index (χ4v) is 2.80. The highest BCUT2D eigenvalue weighted by Gasteiger charge is 2.44. The van der Waals surface area contributed by atoms with E-state index in [9.17, 15) is 9.59 Å². The fourth-order valence-electron chi connectivity index (χ4n) is 2.80. The molecule has 2 aromatic carbocycles. The van der Waals surface area contributed by atoms with Crippen molar-refractivity contribution in [2.75, 3.05) is 7.11 Å². The van der Waals surface area contributed by atoms with Gasteiger partial charge in [0.25, 0.3) is 0 Å². The van der Waals surface area contributed by atoms with Crippen LogP contribution in [0.3, 0.4) is 0 Å². The summed E-state index contributed by atoms with van der Waals surface area (Å²) in [6.45, 7) is 0. The molecule has 1 aliphatic heterocycles. The molecule has 0 saturated carbocycles. The summed E-state index contributed by atoms with van der Waals surface area (Å²) in [5.74, 6) is -1.16. The van der Waals surface area contributed by atoms with Crippen LogP contribution in [0.1, 0.15) is 17.5 Å². The van der Waals surface area contributed by atoms with E-state index in [0.717, 1.165) is 16.7 Å². The van der Waals surface area contributed by atoms with Crippen molar-refractivity contribution in [2.45, 2.75) is 12.0 Å². The molecule has 0 N–H and O–H groups in total. The molecule has 0 amide bonds. The average Bonchev–Trinajstić information content (AvgIpc) is 2.67. The van der Waals surface area contributed by atoms with Crippen LogP contribution in [-0.2, 0) is 19.1 Å². The molecule has 0 aromatic heterocycles. The zero-order valence-corrected chi connectivity index (χ0v) is 13.8. The van der Waals surface area contributed by atoms with Gasteiger partial charge in [-0.05, 0) is 22.8 Å². The van der Waals surface area contributed by atoms with Crippen LogP contribution in [0.25, 0.3) is 11.6 Å². The maximum Gasteiger partial charge on any atom is 0.354 e. The third kappa shape index (κ3) is 3.69. The molecule has 3 rings (SSSR count). The van der Waals surface area contributed by atoms with Crippen LogP contribution in [0.2, 0.25) is 0 Å². The van der Waals surface area contributed by atoms with Gasteiger partial charge in [-0.1, -0.05) is 66.7 Å². The molecule has 0 spiro atoms. The van der Waals surface area contributed by atoms with Gasteiger partial charge < -0.3 is 9.47 Å². The Hall–Kier alpha value is -3.14. The van der Waals surface area contributed by atoms with Gasteiger partial charge in [0.2, 0.25) is 5.60 Å². The zero-order valence-electron chi connectivity index (χ0n) is 13.8. The maximum atomic E-state index is 12.5. The average molecular weight is 334 g/mol. The highest BCUT2D eigenvalue weighted by molar-refractivity contribution is 5.99. The lowest BCUT2D eigenvalue weighted by atomic mass is 9.87. The molecule has 0 aliphatic carbocycles. The first kappa shape index (κ1) is 16.7. The van der Waals surface area contributed by atoms with Gasteiger partial charge in [-0.15, -0.1) is 0 Å². The number of cyclic esters (lactones) is 1. The number of hydrogen-bond acceptors (Lipinski definition) is 4. The molecule has 1 heterocycles. The zero-order chi connectivity index (χ0) is 17.7. The second-order valence-corrected chi connectivity index (χ2v) is 5.76. The van der Waals surface area contributed by atoms with Crippen molar-refractivity contribution in [1.29, 1.82) is 0 Å². The Kier molecular flexibility index (Phi) is 4.80.